The predicted octanol–water partition coefficient (Wildman–Crippen LogP) is 0.598. The quantitative estimate of drug-likeness (QED) is 0.820. The Morgan fingerprint density at radius 3 is 2.50 bits per heavy atom. The Kier molecular flexibility index (Phi) is 4.83. The van der Waals surface area contributed by atoms with Gasteiger partial charge in [0.15, 0.2) is 5.69 Å². The van der Waals surface area contributed by atoms with Gasteiger partial charge < -0.3 is 15.2 Å². The van der Waals surface area contributed by atoms with Gasteiger partial charge in [-0.25, -0.2) is 9.48 Å². The highest BCUT2D eigenvalue weighted by Gasteiger charge is 2.27. The third-order valence-corrected chi connectivity index (χ3v) is 2.52. The van der Waals surface area contributed by atoms with E-state index in [1.807, 2.05) is 20.8 Å². The van der Waals surface area contributed by atoms with Gasteiger partial charge in [-0.2, -0.15) is 0 Å². The second-order valence-electron chi connectivity index (χ2n) is 5.48. The van der Waals surface area contributed by atoms with Gasteiger partial charge in [-0.15, -0.1) is 5.10 Å². The molecule has 1 heterocycles. The molecule has 20 heavy (non-hydrogen) atoms. The van der Waals surface area contributed by atoms with Crippen LogP contribution < -0.4 is 5.32 Å². The Hall–Kier alpha value is -1.96. The third kappa shape index (κ3) is 3.77. The summed E-state index contributed by atoms with van der Waals surface area (Å²) in [5.41, 5.74) is -0.331. The molecule has 1 aromatic heterocycles. The molecule has 0 aliphatic heterocycles. The zero-order valence-electron chi connectivity index (χ0n) is 12.3. The van der Waals surface area contributed by atoms with E-state index in [0.717, 1.165) is 0 Å². The first-order chi connectivity index (χ1) is 9.17. The fraction of sp³-hybridized carbons (Fsp3) is 0.667. The van der Waals surface area contributed by atoms with Crippen molar-refractivity contribution in [3.63, 3.8) is 0 Å². The third-order valence-electron chi connectivity index (χ3n) is 2.52. The molecular formula is C12H20N4O4. The van der Waals surface area contributed by atoms with E-state index in [2.05, 4.69) is 15.6 Å². The van der Waals surface area contributed by atoms with E-state index < -0.39 is 12.0 Å². The summed E-state index contributed by atoms with van der Waals surface area (Å²) in [6, 6.07) is -0.681. The Morgan fingerprint density at radius 1 is 1.45 bits per heavy atom. The minimum atomic E-state index is -1.20. The molecule has 0 bridgehead atoms. The van der Waals surface area contributed by atoms with Gasteiger partial charge in [0, 0.05) is 12.6 Å². The molecule has 0 saturated heterocycles. The van der Waals surface area contributed by atoms with Gasteiger partial charge in [0.05, 0.1) is 6.61 Å². The van der Waals surface area contributed by atoms with Crippen molar-refractivity contribution in [2.45, 2.75) is 45.9 Å². The van der Waals surface area contributed by atoms with Crippen LogP contribution in [0.2, 0.25) is 0 Å². The monoisotopic (exact) mass is 284 g/mol. The van der Waals surface area contributed by atoms with Crippen LogP contribution in [0.15, 0.2) is 0 Å². The molecule has 1 atom stereocenters. The molecule has 2 N–H and O–H groups in total. The van der Waals surface area contributed by atoms with E-state index in [-0.39, 0.29) is 29.4 Å². The average Bonchev–Trinajstić information content (AvgIpc) is 2.70. The van der Waals surface area contributed by atoms with E-state index in [0.29, 0.717) is 0 Å². The van der Waals surface area contributed by atoms with Gasteiger partial charge in [0.1, 0.15) is 11.7 Å². The van der Waals surface area contributed by atoms with E-state index in [1.165, 1.54) is 11.8 Å². The number of carbonyl (C=O) groups excluding carboxylic acids is 1. The lowest BCUT2D eigenvalue weighted by molar-refractivity contribution is -0.125. The SMILES string of the molecule is COCc1c(C(=O)O)nnn1C(C)C(=O)NC(C)(C)C. The number of amides is 1. The lowest BCUT2D eigenvalue weighted by atomic mass is 10.1. The van der Waals surface area contributed by atoms with Crippen molar-refractivity contribution in [2.24, 2.45) is 0 Å². The Bertz CT molecular complexity index is 504. The van der Waals surface area contributed by atoms with E-state index in [1.54, 1.807) is 6.92 Å². The number of ether oxygens (including phenoxy) is 1. The molecule has 0 fully saturated rings. The summed E-state index contributed by atoms with van der Waals surface area (Å²) in [6.45, 7) is 7.22. The average molecular weight is 284 g/mol. The smallest absolute Gasteiger partial charge is 0.358 e. The minimum absolute atomic E-state index is 0.0156. The maximum absolute atomic E-state index is 12.1. The van der Waals surface area contributed by atoms with Crippen LogP contribution in [-0.2, 0) is 16.1 Å². The van der Waals surface area contributed by atoms with E-state index >= 15 is 0 Å². The molecule has 0 aliphatic rings. The van der Waals surface area contributed by atoms with Crippen molar-refractivity contribution in [1.82, 2.24) is 20.3 Å². The predicted molar refractivity (Wildman–Crippen MR) is 70.3 cm³/mol. The van der Waals surface area contributed by atoms with Crippen LogP contribution in [0.1, 0.15) is 49.9 Å². The molecular weight excluding hydrogens is 264 g/mol. The van der Waals surface area contributed by atoms with Crippen molar-refractivity contribution in [1.29, 1.82) is 0 Å². The van der Waals surface area contributed by atoms with Gasteiger partial charge in [-0.3, -0.25) is 4.79 Å². The van der Waals surface area contributed by atoms with Gasteiger partial charge in [-0.05, 0) is 27.7 Å². The van der Waals surface area contributed by atoms with Crippen molar-refractivity contribution in [3.8, 4) is 0 Å². The summed E-state index contributed by atoms with van der Waals surface area (Å²) >= 11 is 0. The van der Waals surface area contributed by atoms with E-state index in [9.17, 15) is 9.59 Å². The molecule has 1 rings (SSSR count). The van der Waals surface area contributed by atoms with Crippen molar-refractivity contribution < 1.29 is 19.4 Å². The number of hydrogen-bond acceptors (Lipinski definition) is 5. The first-order valence-corrected chi connectivity index (χ1v) is 6.15. The molecule has 8 heteroatoms. The van der Waals surface area contributed by atoms with Crippen molar-refractivity contribution in [3.05, 3.63) is 11.4 Å². The summed E-state index contributed by atoms with van der Waals surface area (Å²) in [4.78, 5) is 23.2. The molecule has 1 unspecified atom stereocenters. The second kappa shape index (κ2) is 6.00. The number of carbonyl (C=O) groups is 2. The number of methoxy groups -OCH3 is 1. The summed E-state index contributed by atoms with van der Waals surface area (Å²) in [5, 5.41) is 19.2. The zero-order chi connectivity index (χ0) is 15.5. The molecule has 1 aromatic rings. The van der Waals surface area contributed by atoms with Crippen LogP contribution in [0, 0.1) is 0 Å². The molecule has 0 radical (unpaired) electrons. The molecule has 112 valence electrons. The van der Waals surface area contributed by atoms with Crippen LogP contribution >= 0.6 is 0 Å². The summed E-state index contributed by atoms with van der Waals surface area (Å²) in [7, 11) is 1.43. The molecule has 0 aromatic carbocycles. The highest BCUT2D eigenvalue weighted by molar-refractivity contribution is 5.87. The van der Waals surface area contributed by atoms with Crippen molar-refractivity contribution >= 4 is 11.9 Å². The molecule has 0 saturated carbocycles. The zero-order valence-corrected chi connectivity index (χ0v) is 12.3. The van der Waals surface area contributed by atoms with Gasteiger partial charge in [0.2, 0.25) is 5.91 Å². The summed E-state index contributed by atoms with van der Waals surface area (Å²) in [6.07, 6.45) is 0. The van der Waals surface area contributed by atoms with Crippen LogP contribution in [0.25, 0.3) is 0 Å². The lowest BCUT2D eigenvalue weighted by Gasteiger charge is -2.23. The van der Waals surface area contributed by atoms with Crippen LogP contribution in [0.3, 0.4) is 0 Å². The largest absolute Gasteiger partial charge is 0.476 e. The fourth-order valence-electron chi connectivity index (χ4n) is 1.65. The number of nitrogens with zero attached hydrogens (tertiary/aromatic N) is 3. The first kappa shape index (κ1) is 16.1. The first-order valence-electron chi connectivity index (χ1n) is 6.15. The lowest BCUT2D eigenvalue weighted by Crippen LogP contribution is -2.44. The maximum atomic E-state index is 12.1. The number of aromatic nitrogens is 3. The molecule has 8 nitrogen and oxygen atoms in total. The fourth-order valence-corrected chi connectivity index (χ4v) is 1.65. The number of nitrogens with one attached hydrogen (secondary N) is 1. The number of hydrogen-bond donors (Lipinski definition) is 2. The molecule has 1 amide bonds. The number of aromatic carboxylic acids is 1. The van der Waals surface area contributed by atoms with Gasteiger partial charge in [-0.1, -0.05) is 5.21 Å². The summed E-state index contributed by atoms with van der Waals surface area (Å²) < 4.78 is 6.22. The molecule has 0 aliphatic carbocycles. The number of rotatable bonds is 5. The maximum Gasteiger partial charge on any atom is 0.358 e. The van der Waals surface area contributed by atoms with E-state index in [4.69, 9.17) is 9.84 Å². The summed E-state index contributed by atoms with van der Waals surface area (Å²) in [5.74, 6) is -1.47. The second-order valence-corrected chi connectivity index (χ2v) is 5.48. The Balaban J connectivity index is 3.06. The minimum Gasteiger partial charge on any atom is -0.476 e. The highest BCUT2D eigenvalue weighted by atomic mass is 16.5. The number of carboxylic acid groups (broad SMARTS) is 1. The van der Waals surface area contributed by atoms with Crippen LogP contribution in [-0.4, -0.2) is 44.6 Å². The Labute approximate surface area is 117 Å². The highest BCUT2D eigenvalue weighted by Crippen LogP contribution is 2.15. The van der Waals surface area contributed by atoms with Crippen LogP contribution in [0.5, 0.6) is 0 Å². The van der Waals surface area contributed by atoms with Crippen LogP contribution in [0.4, 0.5) is 0 Å². The normalized spacial score (nSPS) is 13.1. The number of carboxylic acids is 1. The van der Waals surface area contributed by atoms with Gasteiger partial charge >= 0.3 is 5.97 Å². The molecule has 0 spiro atoms. The standard InChI is InChI=1S/C12H20N4O4/c1-7(10(17)13-12(2,3)4)16-8(6-20-5)9(11(18)19)14-15-16/h7H,6H2,1-5H3,(H,13,17)(H,18,19). The topological polar surface area (TPSA) is 106 Å². The van der Waals surface area contributed by atoms with Gasteiger partial charge in [0.25, 0.3) is 0 Å². The Morgan fingerprint density at radius 2 is 2.05 bits per heavy atom. The van der Waals surface area contributed by atoms with Crippen molar-refractivity contribution in [2.75, 3.05) is 7.11 Å².